The number of fused-ring (bicyclic) bond motifs is 4. The second-order valence-electron chi connectivity index (χ2n) is 6.37. The van der Waals surface area contributed by atoms with Gasteiger partial charge in [0.1, 0.15) is 12.6 Å². The molecule has 0 bridgehead atoms. The van der Waals surface area contributed by atoms with E-state index in [0.29, 0.717) is 0 Å². The Hall–Kier alpha value is -2.11. The van der Waals surface area contributed by atoms with Crippen molar-refractivity contribution < 1.29 is 28.5 Å². The van der Waals surface area contributed by atoms with Crippen molar-refractivity contribution in [3.8, 4) is 11.1 Å². The van der Waals surface area contributed by atoms with Gasteiger partial charge in [0.2, 0.25) is 11.0 Å². The van der Waals surface area contributed by atoms with Crippen LogP contribution in [0.3, 0.4) is 0 Å². The molecule has 3 aromatic carbocycles. The molecule has 0 saturated carbocycles. The monoisotopic (exact) mass is 470 g/mol. The Balaban J connectivity index is 0.00000168. The predicted octanol–water partition coefficient (Wildman–Crippen LogP) is 2.62. The Bertz CT molecular complexity index is 1260. The van der Waals surface area contributed by atoms with Crippen LogP contribution in [-0.2, 0) is 7.05 Å². The summed E-state index contributed by atoms with van der Waals surface area (Å²) in [7, 11) is 2.10. The quantitative estimate of drug-likeness (QED) is 0.287. The van der Waals surface area contributed by atoms with Crippen molar-refractivity contribution in [1.82, 2.24) is 4.98 Å². The van der Waals surface area contributed by atoms with E-state index in [9.17, 15) is 0 Å². The molecule has 2 aromatic heterocycles. The molecular formula is C22H16ClIN2. The van der Waals surface area contributed by atoms with Gasteiger partial charge in [0.05, 0.1) is 21.3 Å². The average Bonchev–Trinajstić information content (AvgIpc) is 3.06. The van der Waals surface area contributed by atoms with Gasteiger partial charge in [0.15, 0.2) is 0 Å². The number of halogens is 2. The Morgan fingerprint density at radius 1 is 0.808 bits per heavy atom. The molecular weight excluding hydrogens is 455 g/mol. The van der Waals surface area contributed by atoms with Crippen LogP contribution in [0.4, 0.5) is 0 Å². The first-order chi connectivity index (χ1) is 12.2. The lowest BCUT2D eigenvalue weighted by molar-refractivity contribution is -0.616. The minimum absolute atomic E-state index is 0. The molecule has 2 heterocycles. The molecule has 5 rings (SSSR count). The fourth-order valence-electron chi connectivity index (χ4n) is 3.70. The highest BCUT2D eigenvalue weighted by Gasteiger charge is 2.21. The van der Waals surface area contributed by atoms with Gasteiger partial charge in [0, 0.05) is 6.07 Å². The van der Waals surface area contributed by atoms with Gasteiger partial charge >= 0.3 is 0 Å². The Morgan fingerprint density at radius 3 is 2.35 bits per heavy atom. The van der Waals surface area contributed by atoms with E-state index in [1.807, 2.05) is 12.1 Å². The first-order valence-electron chi connectivity index (χ1n) is 8.31. The van der Waals surface area contributed by atoms with Crippen LogP contribution in [-0.4, -0.2) is 4.98 Å². The number of aromatic nitrogens is 2. The molecule has 0 amide bonds. The first-order valence-corrected chi connectivity index (χ1v) is 8.69. The number of benzene rings is 3. The maximum atomic E-state index is 6.73. The summed E-state index contributed by atoms with van der Waals surface area (Å²) in [5.74, 6) is 0. The topological polar surface area (TPSA) is 19.7 Å². The molecule has 0 spiro atoms. The van der Waals surface area contributed by atoms with Crippen molar-refractivity contribution in [1.29, 1.82) is 0 Å². The van der Waals surface area contributed by atoms with Crippen LogP contribution < -0.4 is 28.5 Å². The summed E-state index contributed by atoms with van der Waals surface area (Å²) in [6.07, 6.45) is 0. The lowest BCUT2D eigenvalue weighted by Gasteiger charge is -2.03. The van der Waals surface area contributed by atoms with Crippen molar-refractivity contribution >= 4 is 44.4 Å². The van der Waals surface area contributed by atoms with Gasteiger partial charge < -0.3 is 29.0 Å². The Morgan fingerprint density at radius 2 is 1.54 bits per heavy atom. The second kappa shape index (κ2) is 6.56. The third kappa shape index (κ3) is 2.49. The van der Waals surface area contributed by atoms with Crippen LogP contribution in [0.25, 0.3) is 44.0 Å². The van der Waals surface area contributed by atoms with Crippen LogP contribution in [0.5, 0.6) is 0 Å². The molecule has 26 heavy (non-hydrogen) atoms. The van der Waals surface area contributed by atoms with Crippen LogP contribution in [0.1, 0.15) is 0 Å². The molecule has 0 fully saturated rings. The van der Waals surface area contributed by atoms with Gasteiger partial charge in [-0.3, -0.25) is 0 Å². The molecule has 0 radical (unpaired) electrons. The van der Waals surface area contributed by atoms with E-state index < -0.39 is 0 Å². The Kier molecular flexibility index (Phi) is 4.37. The summed E-state index contributed by atoms with van der Waals surface area (Å²) in [6, 6.07) is 25.2. The third-order valence-electron chi connectivity index (χ3n) is 4.94. The number of pyridine rings is 1. The number of nitrogens with one attached hydrogen (secondary N) is 1. The predicted molar refractivity (Wildman–Crippen MR) is 105 cm³/mol. The molecule has 0 atom stereocenters. The van der Waals surface area contributed by atoms with Crippen molar-refractivity contribution in [3.63, 3.8) is 0 Å². The summed E-state index contributed by atoms with van der Waals surface area (Å²) >= 11 is 6.73. The molecule has 1 N–H and O–H groups in total. The van der Waals surface area contributed by atoms with Crippen LogP contribution in [0.15, 0.2) is 72.8 Å². The highest BCUT2D eigenvalue weighted by atomic mass is 127. The number of para-hydroxylation sites is 1. The summed E-state index contributed by atoms with van der Waals surface area (Å²) in [6.45, 7) is 0. The fourth-order valence-corrected chi connectivity index (χ4v) is 4.00. The lowest BCUT2D eigenvalue weighted by atomic mass is 10.0. The summed E-state index contributed by atoms with van der Waals surface area (Å²) in [5.41, 5.74) is 6.78. The van der Waals surface area contributed by atoms with E-state index in [1.54, 1.807) is 0 Å². The molecule has 0 saturated heterocycles. The van der Waals surface area contributed by atoms with E-state index >= 15 is 0 Å². The summed E-state index contributed by atoms with van der Waals surface area (Å²) in [5, 5.41) is 3.03. The molecule has 0 unspecified atom stereocenters. The normalized spacial score (nSPS) is 11.2. The number of rotatable bonds is 1. The number of aryl methyl sites for hydroxylation is 1. The first kappa shape index (κ1) is 17.3. The van der Waals surface area contributed by atoms with Gasteiger partial charge in [-0.15, -0.1) is 0 Å². The largest absolute Gasteiger partial charge is 1.00 e. The zero-order chi connectivity index (χ0) is 17.0. The molecule has 2 nitrogen and oxygen atoms in total. The number of H-pyrrole nitrogens is 1. The molecule has 128 valence electrons. The van der Waals surface area contributed by atoms with Gasteiger partial charge in [-0.25, -0.2) is 0 Å². The third-order valence-corrected chi connectivity index (χ3v) is 5.33. The standard InChI is InChI=1S/C22H15ClN2.HI/c1-25-19-10-6-5-9-16(19)20(23)21-22(25)17-13-15(11-12-18(17)24-21)14-7-3-2-4-8-14;/h2-13H,1H3;1H. The number of aromatic amines is 1. The number of nitrogens with zero attached hydrogens (tertiary/aromatic N) is 1. The van der Waals surface area contributed by atoms with Gasteiger partial charge in [-0.2, -0.15) is 4.57 Å². The van der Waals surface area contributed by atoms with Crippen molar-refractivity contribution in [2.24, 2.45) is 7.05 Å². The number of hydrogen-bond acceptors (Lipinski definition) is 0. The SMILES string of the molecule is C[n+]1c2ccccc2c(Cl)c2[nH]c3ccc(-c4ccccc4)cc3c21.[I-]. The summed E-state index contributed by atoms with van der Waals surface area (Å²) < 4.78 is 2.23. The van der Waals surface area contributed by atoms with E-state index in [0.717, 1.165) is 32.5 Å². The average molecular weight is 471 g/mol. The highest BCUT2D eigenvalue weighted by molar-refractivity contribution is 6.40. The summed E-state index contributed by atoms with van der Waals surface area (Å²) in [4.78, 5) is 3.51. The molecule has 4 heteroatoms. The van der Waals surface area contributed by atoms with Crippen molar-refractivity contribution in [2.45, 2.75) is 0 Å². The zero-order valence-electron chi connectivity index (χ0n) is 14.1. The molecule has 0 aliphatic rings. The minimum Gasteiger partial charge on any atom is -1.00 e. The lowest BCUT2D eigenvalue weighted by Crippen LogP contribution is -3.00. The van der Waals surface area contributed by atoms with E-state index in [4.69, 9.17) is 11.6 Å². The number of hydrogen-bond donors (Lipinski definition) is 1. The van der Waals surface area contributed by atoms with Crippen molar-refractivity contribution in [2.75, 3.05) is 0 Å². The van der Waals surface area contributed by atoms with E-state index in [2.05, 4.69) is 77.3 Å². The van der Waals surface area contributed by atoms with Crippen LogP contribution in [0, 0.1) is 0 Å². The molecule has 5 aromatic rings. The fraction of sp³-hybridized carbons (Fsp3) is 0.0455. The Labute approximate surface area is 173 Å². The van der Waals surface area contributed by atoms with Crippen molar-refractivity contribution in [3.05, 3.63) is 77.8 Å². The van der Waals surface area contributed by atoms with E-state index in [1.165, 1.54) is 16.5 Å². The molecule has 0 aliphatic heterocycles. The van der Waals surface area contributed by atoms with Gasteiger partial charge in [0.25, 0.3) is 0 Å². The maximum Gasteiger partial charge on any atom is 0.240 e. The van der Waals surface area contributed by atoms with Crippen LogP contribution >= 0.6 is 11.6 Å². The molecule has 0 aliphatic carbocycles. The second-order valence-corrected chi connectivity index (χ2v) is 6.74. The van der Waals surface area contributed by atoms with Gasteiger partial charge in [-0.1, -0.05) is 60.1 Å². The maximum absolute atomic E-state index is 6.73. The smallest absolute Gasteiger partial charge is 0.240 e. The highest BCUT2D eigenvalue weighted by Crippen LogP contribution is 2.34. The zero-order valence-corrected chi connectivity index (χ0v) is 17.0. The van der Waals surface area contributed by atoms with Crippen LogP contribution in [0.2, 0.25) is 5.02 Å². The van der Waals surface area contributed by atoms with Gasteiger partial charge in [-0.05, 0) is 29.3 Å². The van der Waals surface area contributed by atoms with E-state index in [-0.39, 0.29) is 24.0 Å². The minimum atomic E-state index is 0.